The fraction of sp³-hybridized carbons (Fsp3) is 0.0870. The van der Waals surface area contributed by atoms with Gasteiger partial charge in [-0.2, -0.15) is 0 Å². The molecular weight excluding hydrogens is 438 g/mol. The molecule has 8 heteroatoms. The molecule has 0 fully saturated rings. The Morgan fingerprint density at radius 1 is 1.03 bits per heavy atom. The normalized spacial score (nSPS) is 11.5. The molecule has 0 unspecified atom stereocenters. The number of furan rings is 1. The Hall–Kier alpha value is -3.29. The number of anilines is 1. The third kappa shape index (κ3) is 4.02. The van der Waals surface area contributed by atoms with E-state index in [2.05, 4.69) is 0 Å². The summed E-state index contributed by atoms with van der Waals surface area (Å²) in [7, 11) is -3.93. The van der Waals surface area contributed by atoms with Crippen molar-refractivity contribution in [2.24, 2.45) is 0 Å². The van der Waals surface area contributed by atoms with Gasteiger partial charge < -0.3 is 9.52 Å². The van der Waals surface area contributed by atoms with Gasteiger partial charge in [0.1, 0.15) is 5.58 Å². The van der Waals surface area contributed by atoms with Crippen molar-refractivity contribution in [1.29, 1.82) is 0 Å². The Labute approximate surface area is 184 Å². The van der Waals surface area contributed by atoms with Crippen LogP contribution in [0.3, 0.4) is 0 Å². The number of halogens is 1. The lowest BCUT2D eigenvalue weighted by molar-refractivity contribution is 0.0664. The molecule has 0 aliphatic rings. The summed E-state index contributed by atoms with van der Waals surface area (Å²) in [5.41, 5.74) is 2.01. The number of aromatic carboxylic acids is 1. The SMILES string of the molecule is Cc1c(C(=O)O)oc2ccc(N(Cc3ccccc3)S(=O)(=O)c3ccc(Cl)cc3)cc12. The van der Waals surface area contributed by atoms with E-state index in [0.29, 0.717) is 27.2 Å². The largest absolute Gasteiger partial charge is 0.475 e. The summed E-state index contributed by atoms with van der Waals surface area (Å²) in [6.07, 6.45) is 0. The third-order valence-corrected chi connectivity index (χ3v) is 7.01. The lowest BCUT2D eigenvalue weighted by atomic mass is 10.1. The Morgan fingerprint density at radius 2 is 1.71 bits per heavy atom. The summed E-state index contributed by atoms with van der Waals surface area (Å²) >= 11 is 5.93. The molecule has 0 saturated carbocycles. The fourth-order valence-electron chi connectivity index (χ4n) is 3.37. The number of hydrogen-bond acceptors (Lipinski definition) is 4. The molecular formula is C23H18ClNO5S. The van der Waals surface area contributed by atoms with Gasteiger partial charge in [-0.1, -0.05) is 41.9 Å². The molecule has 0 bridgehead atoms. The topological polar surface area (TPSA) is 87.8 Å². The molecule has 0 aliphatic heterocycles. The van der Waals surface area contributed by atoms with Gasteiger partial charge in [0.25, 0.3) is 10.0 Å². The average Bonchev–Trinajstić information content (AvgIpc) is 3.09. The number of carbonyl (C=O) groups is 1. The predicted octanol–water partition coefficient (Wildman–Crippen LogP) is 5.49. The van der Waals surface area contributed by atoms with E-state index < -0.39 is 16.0 Å². The van der Waals surface area contributed by atoms with Crippen LogP contribution in [0.4, 0.5) is 5.69 Å². The van der Waals surface area contributed by atoms with Crippen LogP contribution in [0.25, 0.3) is 11.0 Å². The first-order valence-electron chi connectivity index (χ1n) is 9.36. The zero-order valence-corrected chi connectivity index (χ0v) is 18.0. The quantitative estimate of drug-likeness (QED) is 0.415. The van der Waals surface area contributed by atoms with Crippen molar-refractivity contribution in [2.75, 3.05) is 4.31 Å². The van der Waals surface area contributed by atoms with E-state index in [1.54, 1.807) is 25.1 Å². The minimum Gasteiger partial charge on any atom is -0.475 e. The molecule has 4 rings (SSSR count). The minimum atomic E-state index is -3.93. The maximum absolute atomic E-state index is 13.5. The second-order valence-corrected chi connectivity index (χ2v) is 9.29. The van der Waals surface area contributed by atoms with E-state index in [9.17, 15) is 18.3 Å². The first kappa shape index (κ1) is 21.0. The first-order chi connectivity index (χ1) is 14.8. The molecule has 0 atom stereocenters. The highest BCUT2D eigenvalue weighted by Gasteiger charge is 2.26. The zero-order valence-electron chi connectivity index (χ0n) is 16.4. The van der Waals surface area contributed by atoms with Gasteiger partial charge in [0, 0.05) is 16.0 Å². The van der Waals surface area contributed by atoms with Crippen LogP contribution < -0.4 is 4.31 Å². The lowest BCUT2D eigenvalue weighted by Crippen LogP contribution is -2.30. The highest BCUT2D eigenvalue weighted by molar-refractivity contribution is 7.92. The monoisotopic (exact) mass is 455 g/mol. The molecule has 31 heavy (non-hydrogen) atoms. The third-order valence-electron chi connectivity index (χ3n) is 4.97. The molecule has 0 saturated heterocycles. The van der Waals surface area contributed by atoms with E-state index in [-0.39, 0.29) is 17.2 Å². The Bertz CT molecular complexity index is 1360. The second kappa shape index (κ2) is 8.09. The van der Waals surface area contributed by atoms with Crippen molar-refractivity contribution in [3.05, 3.63) is 94.7 Å². The van der Waals surface area contributed by atoms with Gasteiger partial charge in [-0.3, -0.25) is 4.31 Å². The molecule has 0 amide bonds. The van der Waals surface area contributed by atoms with Crippen LogP contribution in [0.1, 0.15) is 21.7 Å². The maximum Gasteiger partial charge on any atom is 0.372 e. The number of hydrogen-bond donors (Lipinski definition) is 1. The van der Waals surface area contributed by atoms with Crippen molar-refractivity contribution < 1.29 is 22.7 Å². The van der Waals surface area contributed by atoms with E-state index in [0.717, 1.165) is 5.56 Å². The smallest absolute Gasteiger partial charge is 0.372 e. The van der Waals surface area contributed by atoms with Gasteiger partial charge >= 0.3 is 5.97 Å². The van der Waals surface area contributed by atoms with Crippen LogP contribution in [0, 0.1) is 6.92 Å². The van der Waals surface area contributed by atoms with E-state index in [1.165, 1.54) is 28.6 Å². The predicted molar refractivity (Wildman–Crippen MR) is 119 cm³/mol. The Morgan fingerprint density at radius 3 is 2.35 bits per heavy atom. The number of carboxylic acids is 1. The highest BCUT2D eigenvalue weighted by Crippen LogP contribution is 2.33. The Kier molecular flexibility index (Phi) is 5.47. The first-order valence-corrected chi connectivity index (χ1v) is 11.2. The van der Waals surface area contributed by atoms with Gasteiger partial charge in [-0.05, 0) is 55.0 Å². The Balaban J connectivity index is 1.87. The van der Waals surface area contributed by atoms with E-state index >= 15 is 0 Å². The van der Waals surface area contributed by atoms with Crippen LogP contribution in [-0.4, -0.2) is 19.5 Å². The van der Waals surface area contributed by atoms with Crippen molar-refractivity contribution in [1.82, 2.24) is 0 Å². The van der Waals surface area contributed by atoms with Crippen molar-refractivity contribution in [2.45, 2.75) is 18.4 Å². The number of aryl methyl sites for hydroxylation is 1. The molecule has 6 nitrogen and oxygen atoms in total. The highest BCUT2D eigenvalue weighted by atomic mass is 35.5. The van der Waals surface area contributed by atoms with Crippen LogP contribution in [0.2, 0.25) is 5.02 Å². The number of rotatable bonds is 6. The van der Waals surface area contributed by atoms with Gasteiger partial charge in [-0.15, -0.1) is 0 Å². The molecule has 158 valence electrons. The summed E-state index contributed by atoms with van der Waals surface area (Å²) in [5, 5.41) is 10.3. The summed E-state index contributed by atoms with van der Waals surface area (Å²) in [4.78, 5) is 11.5. The molecule has 3 aromatic carbocycles. The van der Waals surface area contributed by atoms with Gasteiger partial charge in [0.05, 0.1) is 17.1 Å². The number of nitrogens with zero attached hydrogens (tertiary/aromatic N) is 1. The molecule has 0 spiro atoms. The van der Waals surface area contributed by atoms with Gasteiger partial charge in [0.15, 0.2) is 0 Å². The van der Waals surface area contributed by atoms with Crippen molar-refractivity contribution >= 4 is 44.3 Å². The van der Waals surface area contributed by atoms with Crippen LogP contribution in [0.15, 0.2) is 82.1 Å². The molecule has 4 aromatic rings. The molecule has 1 aromatic heterocycles. The summed E-state index contributed by atoms with van der Waals surface area (Å²) in [6.45, 7) is 1.73. The van der Waals surface area contributed by atoms with Crippen LogP contribution in [-0.2, 0) is 16.6 Å². The number of carboxylic acid groups (broad SMARTS) is 1. The standard InChI is InChI=1S/C23H18ClNO5S/c1-15-20-13-18(9-12-21(20)30-22(15)23(26)27)25(14-16-5-3-2-4-6-16)31(28,29)19-10-7-17(24)8-11-19/h2-13H,14H2,1H3,(H,26,27). The van der Waals surface area contributed by atoms with E-state index in [4.69, 9.17) is 16.0 Å². The number of benzene rings is 3. The van der Waals surface area contributed by atoms with E-state index in [1.807, 2.05) is 30.3 Å². The number of sulfonamides is 1. The second-order valence-electron chi connectivity index (χ2n) is 6.99. The molecule has 0 aliphatic carbocycles. The van der Waals surface area contributed by atoms with Crippen LogP contribution >= 0.6 is 11.6 Å². The summed E-state index contributed by atoms with van der Waals surface area (Å²) in [6, 6.07) is 20.0. The van der Waals surface area contributed by atoms with Gasteiger partial charge in [0.2, 0.25) is 5.76 Å². The average molecular weight is 456 g/mol. The van der Waals surface area contributed by atoms with Crippen molar-refractivity contribution in [3.8, 4) is 0 Å². The zero-order chi connectivity index (χ0) is 22.2. The fourth-order valence-corrected chi connectivity index (χ4v) is 4.94. The summed E-state index contributed by atoms with van der Waals surface area (Å²) < 4.78 is 33.8. The summed E-state index contributed by atoms with van der Waals surface area (Å²) in [5.74, 6) is -1.34. The molecule has 1 N–H and O–H groups in total. The van der Waals surface area contributed by atoms with Gasteiger partial charge in [-0.25, -0.2) is 13.2 Å². The molecule has 0 radical (unpaired) electrons. The minimum absolute atomic E-state index is 0.0972. The van der Waals surface area contributed by atoms with Crippen LogP contribution in [0.5, 0.6) is 0 Å². The number of fused-ring (bicyclic) bond motifs is 1. The lowest BCUT2D eigenvalue weighted by Gasteiger charge is -2.25. The molecule has 1 heterocycles. The van der Waals surface area contributed by atoms with Crippen molar-refractivity contribution in [3.63, 3.8) is 0 Å². The maximum atomic E-state index is 13.5.